The molecule has 0 spiro atoms. The van der Waals surface area contributed by atoms with Gasteiger partial charge in [-0.2, -0.15) is 0 Å². The first-order valence-electron chi connectivity index (χ1n) is 4.20. The van der Waals surface area contributed by atoms with E-state index in [1.54, 1.807) is 0 Å². The molecule has 0 heterocycles. The molecule has 0 aromatic heterocycles. The fourth-order valence-corrected chi connectivity index (χ4v) is 1.29. The average Bonchev–Trinajstić information content (AvgIpc) is 1.97. The quantitative estimate of drug-likeness (QED) is 0.594. The predicted octanol–water partition coefficient (Wildman–Crippen LogP) is 3.25. The molecule has 0 saturated heterocycles. The molecular formula is C9H17OS. The minimum Gasteiger partial charge on any atom is -0.287 e. The van der Waals surface area contributed by atoms with Crippen LogP contribution in [0.2, 0.25) is 0 Å². The highest BCUT2D eigenvalue weighted by molar-refractivity contribution is 8.15. The van der Waals surface area contributed by atoms with Crippen LogP contribution in [0.5, 0.6) is 0 Å². The molecule has 0 saturated carbocycles. The third kappa shape index (κ3) is 6.42. The molecular weight excluding hydrogens is 156 g/mol. The molecule has 0 fully saturated rings. The summed E-state index contributed by atoms with van der Waals surface area (Å²) >= 11 is 1.36. The molecule has 0 bridgehead atoms. The van der Waals surface area contributed by atoms with Gasteiger partial charge in [0.1, 0.15) is 0 Å². The Morgan fingerprint density at radius 1 is 1.55 bits per heavy atom. The first-order valence-corrected chi connectivity index (χ1v) is 5.08. The van der Waals surface area contributed by atoms with Gasteiger partial charge in [0.2, 0.25) is 0 Å². The lowest BCUT2D eigenvalue weighted by molar-refractivity contribution is -0.113. The molecule has 0 aromatic carbocycles. The summed E-state index contributed by atoms with van der Waals surface area (Å²) in [4.78, 5) is 11.0. The molecule has 1 radical (unpaired) electrons. The van der Waals surface area contributed by atoms with E-state index >= 15 is 0 Å². The van der Waals surface area contributed by atoms with Gasteiger partial charge in [-0.3, -0.25) is 4.79 Å². The molecule has 0 aliphatic rings. The summed E-state index contributed by atoms with van der Waals surface area (Å²) in [6.07, 6.45) is 3.45. The number of unbranched alkanes of at least 4 members (excludes halogenated alkanes) is 2. The molecule has 65 valence electrons. The van der Waals surface area contributed by atoms with Crippen LogP contribution in [0.3, 0.4) is 0 Å². The molecule has 0 unspecified atom stereocenters. The van der Waals surface area contributed by atoms with Gasteiger partial charge in [0, 0.05) is 11.7 Å². The summed E-state index contributed by atoms with van der Waals surface area (Å²) in [7, 11) is 0. The Bertz CT molecular complexity index is 110. The highest BCUT2D eigenvalue weighted by atomic mass is 32.2. The van der Waals surface area contributed by atoms with Crippen molar-refractivity contribution in [3.8, 4) is 0 Å². The van der Waals surface area contributed by atoms with Crippen molar-refractivity contribution < 1.29 is 4.79 Å². The van der Waals surface area contributed by atoms with E-state index in [9.17, 15) is 4.79 Å². The van der Waals surface area contributed by atoms with Gasteiger partial charge in [-0.15, -0.1) is 0 Å². The number of hydrogen-bond donors (Lipinski definition) is 0. The Morgan fingerprint density at radius 3 is 2.64 bits per heavy atom. The molecule has 0 aliphatic carbocycles. The molecule has 0 aliphatic heterocycles. The van der Waals surface area contributed by atoms with Crippen LogP contribution in [0.15, 0.2) is 0 Å². The first kappa shape index (κ1) is 11.0. The maximum absolute atomic E-state index is 11.0. The second kappa shape index (κ2) is 6.71. The van der Waals surface area contributed by atoms with Crippen molar-refractivity contribution in [2.24, 2.45) is 5.92 Å². The van der Waals surface area contributed by atoms with E-state index in [4.69, 9.17) is 0 Å². The number of carbonyl (C=O) groups is 1. The van der Waals surface area contributed by atoms with Crippen LogP contribution in [0.1, 0.15) is 40.0 Å². The van der Waals surface area contributed by atoms with Crippen LogP contribution in [0.4, 0.5) is 0 Å². The smallest absolute Gasteiger partial charge is 0.191 e. The summed E-state index contributed by atoms with van der Waals surface area (Å²) in [5.74, 6) is 2.18. The standard InChI is InChI=1S/C9H17OS/c1-4-5-6-7-11-9(10)8(2)3/h7-8H,4-6H2,1-3H3. The van der Waals surface area contributed by atoms with E-state index < -0.39 is 0 Å². The van der Waals surface area contributed by atoms with Crippen molar-refractivity contribution in [3.05, 3.63) is 5.75 Å². The lowest BCUT2D eigenvalue weighted by Crippen LogP contribution is -2.00. The Balaban J connectivity index is 3.18. The highest BCUT2D eigenvalue weighted by Gasteiger charge is 2.06. The lowest BCUT2D eigenvalue weighted by atomic mass is 10.3. The van der Waals surface area contributed by atoms with Crippen LogP contribution in [0, 0.1) is 11.7 Å². The third-order valence-electron chi connectivity index (χ3n) is 1.35. The minimum absolute atomic E-state index is 0.165. The maximum Gasteiger partial charge on any atom is 0.191 e. The molecule has 0 atom stereocenters. The maximum atomic E-state index is 11.0. The average molecular weight is 173 g/mol. The van der Waals surface area contributed by atoms with Crippen molar-refractivity contribution in [2.75, 3.05) is 0 Å². The van der Waals surface area contributed by atoms with E-state index in [2.05, 4.69) is 6.92 Å². The summed E-state index contributed by atoms with van der Waals surface area (Å²) in [5.41, 5.74) is 0. The van der Waals surface area contributed by atoms with Crippen LogP contribution < -0.4 is 0 Å². The molecule has 0 aromatic rings. The summed E-state index contributed by atoms with van der Waals surface area (Å²) in [6.45, 7) is 6.02. The van der Waals surface area contributed by atoms with E-state index in [1.807, 2.05) is 19.6 Å². The van der Waals surface area contributed by atoms with Gasteiger partial charge >= 0.3 is 0 Å². The fourth-order valence-electron chi connectivity index (χ4n) is 0.565. The fraction of sp³-hybridized carbons (Fsp3) is 0.778. The number of thioether (sulfide) groups is 1. The zero-order chi connectivity index (χ0) is 8.69. The number of rotatable bonds is 5. The SMILES string of the molecule is CCCC[CH]SC(=O)C(C)C. The van der Waals surface area contributed by atoms with Gasteiger partial charge in [0.05, 0.1) is 0 Å². The van der Waals surface area contributed by atoms with Crippen molar-refractivity contribution in [1.82, 2.24) is 0 Å². The van der Waals surface area contributed by atoms with Crippen LogP contribution in [-0.4, -0.2) is 5.12 Å². The van der Waals surface area contributed by atoms with Gasteiger partial charge in [-0.05, 0) is 6.42 Å². The minimum atomic E-state index is 0.165. The zero-order valence-corrected chi connectivity index (χ0v) is 8.41. The van der Waals surface area contributed by atoms with E-state index in [0.717, 1.165) is 6.42 Å². The lowest BCUT2D eigenvalue weighted by Gasteiger charge is -2.01. The second-order valence-electron chi connectivity index (χ2n) is 2.90. The molecule has 11 heavy (non-hydrogen) atoms. The molecule has 2 heteroatoms. The molecule has 0 rings (SSSR count). The van der Waals surface area contributed by atoms with Gasteiger partial charge in [0.15, 0.2) is 5.12 Å². The van der Waals surface area contributed by atoms with Crippen LogP contribution in [-0.2, 0) is 4.79 Å². The van der Waals surface area contributed by atoms with Crippen molar-refractivity contribution in [1.29, 1.82) is 0 Å². The van der Waals surface area contributed by atoms with Gasteiger partial charge in [0.25, 0.3) is 0 Å². The summed E-state index contributed by atoms with van der Waals surface area (Å²) in [5, 5.41) is 0.279. The van der Waals surface area contributed by atoms with E-state index in [0.29, 0.717) is 0 Å². The second-order valence-corrected chi connectivity index (χ2v) is 3.87. The number of hydrogen-bond acceptors (Lipinski definition) is 2. The normalized spacial score (nSPS) is 10.5. The Labute approximate surface area is 73.9 Å². The van der Waals surface area contributed by atoms with Crippen molar-refractivity contribution in [2.45, 2.75) is 40.0 Å². The topological polar surface area (TPSA) is 17.1 Å². The first-order chi connectivity index (χ1) is 5.18. The Kier molecular flexibility index (Phi) is 6.73. The van der Waals surface area contributed by atoms with Crippen LogP contribution in [0.25, 0.3) is 0 Å². The Morgan fingerprint density at radius 2 is 2.18 bits per heavy atom. The zero-order valence-electron chi connectivity index (χ0n) is 7.59. The van der Waals surface area contributed by atoms with Gasteiger partial charge < -0.3 is 0 Å². The highest BCUT2D eigenvalue weighted by Crippen LogP contribution is 2.16. The molecule has 1 nitrogen and oxygen atoms in total. The van der Waals surface area contributed by atoms with Gasteiger partial charge in [-0.25, -0.2) is 0 Å². The van der Waals surface area contributed by atoms with Crippen molar-refractivity contribution >= 4 is 16.9 Å². The van der Waals surface area contributed by atoms with Crippen LogP contribution >= 0.6 is 11.8 Å². The monoisotopic (exact) mass is 173 g/mol. The summed E-state index contributed by atoms with van der Waals surface area (Å²) < 4.78 is 0. The number of carbonyl (C=O) groups excluding carboxylic acids is 1. The van der Waals surface area contributed by atoms with Gasteiger partial charge in [-0.1, -0.05) is 45.4 Å². The molecule has 0 amide bonds. The third-order valence-corrected chi connectivity index (χ3v) is 2.45. The van der Waals surface area contributed by atoms with E-state index in [-0.39, 0.29) is 11.0 Å². The van der Waals surface area contributed by atoms with Crippen molar-refractivity contribution in [3.63, 3.8) is 0 Å². The largest absolute Gasteiger partial charge is 0.287 e. The summed E-state index contributed by atoms with van der Waals surface area (Å²) in [6, 6.07) is 0. The van der Waals surface area contributed by atoms with E-state index in [1.165, 1.54) is 24.6 Å². The Hall–Kier alpha value is 0.0200. The predicted molar refractivity (Wildman–Crippen MR) is 51.3 cm³/mol. The molecule has 0 N–H and O–H groups in total.